The highest BCUT2D eigenvalue weighted by atomic mass is 16.5. The van der Waals surface area contributed by atoms with Gasteiger partial charge in [-0.2, -0.15) is 0 Å². The Kier molecular flexibility index (Phi) is 5.17. The van der Waals surface area contributed by atoms with Crippen molar-refractivity contribution in [3.63, 3.8) is 0 Å². The largest absolute Gasteiger partial charge is 0.508 e. The van der Waals surface area contributed by atoms with Crippen LogP contribution in [0.1, 0.15) is 75.8 Å². The number of rotatable bonds is 4. The van der Waals surface area contributed by atoms with E-state index >= 15 is 0 Å². The van der Waals surface area contributed by atoms with Crippen molar-refractivity contribution in [2.75, 3.05) is 0 Å². The van der Waals surface area contributed by atoms with Gasteiger partial charge in [-0.05, 0) is 73.3 Å². The fourth-order valence-corrected chi connectivity index (χ4v) is 6.23. The molecular formula is C23H32O5. The van der Waals surface area contributed by atoms with Crippen LogP contribution in [0.15, 0.2) is 12.1 Å². The molecule has 4 rings (SSSR count). The number of hydrogen-bond acceptors (Lipinski definition) is 5. The summed E-state index contributed by atoms with van der Waals surface area (Å²) in [5, 5.41) is 31.1. The lowest BCUT2D eigenvalue weighted by molar-refractivity contribution is -0.134. The van der Waals surface area contributed by atoms with Gasteiger partial charge in [0, 0.05) is 18.1 Å². The SMILES string of the molecule is CCCCC(=O)Oc1cc(O)cc2c1[C@H]1CC[C@]3(C)[C@@H](O)[C@H](O)C[C@H]3[C@@H]1CC2. The van der Waals surface area contributed by atoms with Crippen LogP contribution in [0.2, 0.25) is 0 Å². The number of aliphatic hydroxyl groups is 2. The lowest BCUT2D eigenvalue weighted by Crippen LogP contribution is -2.45. The number of aromatic hydroxyl groups is 1. The number of aryl methyl sites for hydroxylation is 1. The van der Waals surface area contributed by atoms with Gasteiger partial charge in [0.1, 0.15) is 11.5 Å². The van der Waals surface area contributed by atoms with E-state index in [1.54, 1.807) is 12.1 Å². The first-order valence-corrected chi connectivity index (χ1v) is 10.8. The lowest BCUT2D eigenvalue weighted by atomic mass is 9.55. The molecule has 3 N–H and O–H groups in total. The van der Waals surface area contributed by atoms with Crippen molar-refractivity contribution in [1.82, 2.24) is 0 Å². The summed E-state index contributed by atoms with van der Waals surface area (Å²) in [4.78, 5) is 12.3. The number of ether oxygens (including phenoxy) is 1. The van der Waals surface area contributed by atoms with Crippen molar-refractivity contribution in [3.8, 4) is 11.5 Å². The minimum Gasteiger partial charge on any atom is -0.508 e. The fourth-order valence-electron chi connectivity index (χ4n) is 6.23. The number of esters is 1. The van der Waals surface area contributed by atoms with Crippen LogP contribution >= 0.6 is 0 Å². The van der Waals surface area contributed by atoms with Gasteiger partial charge in [-0.3, -0.25) is 4.79 Å². The van der Waals surface area contributed by atoms with Crippen molar-refractivity contribution in [2.45, 2.75) is 83.3 Å². The van der Waals surface area contributed by atoms with E-state index in [4.69, 9.17) is 4.74 Å². The van der Waals surface area contributed by atoms with Crippen LogP contribution in [-0.2, 0) is 11.2 Å². The fraction of sp³-hybridized carbons (Fsp3) is 0.696. The van der Waals surface area contributed by atoms with Gasteiger partial charge >= 0.3 is 5.97 Å². The third-order valence-electron chi connectivity index (χ3n) is 7.70. The molecule has 3 aliphatic carbocycles. The lowest BCUT2D eigenvalue weighted by Gasteiger charge is -2.50. The summed E-state index contributed by atoms with van der Waals surface area (Å²) in [6.45, 7) is 4.16. The number of carbonyl (C=O) groups is 1. The standard InChI is InChI=1S/C23H32O5/c1-3-4-5-20(26)28-19-11-14(24)10-13-6-7-15-16(21(13)19)8-9-23(2)17(15)12-18(25)22(23)27/h10-11,15-18,22,24-25,27H,3-9,12H2,1-2H3/t15-,16+,17+,18-,22+,23+/m1/s1. The van der Waals surface area contributed by atoms with E-state index in [2.05, 4.69) is 6.92 Å². The van der Waals surface area contributed by atoms with E-state index in [1.807, 2.05) is 6.92 Å². The van der Waals surface area contributed by atoms with Crippen molar-refractivity contribution in [3.05, 3.63) is 23.3 Å². The number of phenolic OH excluding ortho intramolecular Hbond substituents is 1. The molecule has 0 bridgehead atoms. The minimum absolute atomic E-state index is 0.142. The van der Waals surface area contributed by atoms with Crippen LogP contribution in [0.5, 0.6) is 11.5 Å². The van der Waals surface area contributed by atoms with Gasteiger partial charge in [-0.1, -0.05) is 20.3 Å². The molecule has 0 radical (unpaired) electrons. The molecule has 0 amide bonds. The minimum atomic E-state index is -0.661. The van der Waals surface area contributed by atoms with Crippen LogP contribution in [0.25, 0.3) is 0 Å². The Morgan fingerprint density at radius 2 is 2.07 bits per heavy atom. The molecule has 3 aliphatic rings. The van der Waals surface area contributed by atoms with Crippen molar-refractivity contribution >= 4 is 5.97 Å². The molecule has 5 nitrogen and oxygen atoms in total. The number of benzene rings is 1. The third-order valence-corrected chi connectivity index (χ3v) is 7.70. The Bertz CT molecular complexity index is 760. The third kappa shape index (κ3) is 3.13. The average Bonchev–Trinajstić information content (AvgIpc) is 2.89. The number of hydrogen-bond donors (Lipinski definition) is 3. The number of carbonyl (C=O) groups excluding carboxylic acids is 1. The van der Waals surface area contributed by atoms with E-state index < -0.39 is 12.2 Å². The molecule has 2 fully saturated rings. The first-order valence-electron chi connectivity index (χ1n) is 10.8. The summed E-state index contributed by atoms with van der Waals surface area (Å²) in [5.74, 6) is 1.27. The van der Waals surface area contributed by atoms with Gasteiger partial charge in [0.05, 0.1) is 12.2 Å². The molecular weight excluding hydrogens is 356 g/mol. The second-order valence-corrected chi connectivity index (χ2v) is 9.30. The van der Waals surface area contributed by atoms with Crippen LogP contribution in [-0.4, -0.2) is 33.5 Å². The Morgan fingerprint density at radius 1 is 1.29 bits per heavy atom. The van der Waals surface area contributed by atoms with E-state index in [-0.39, 0.29) is 29.0 Å². The molecule has 0 spiro atoms. The summed E-state index contributed by atoms with van der Waals surface area (Å²) in [6, 6.07) is 3.39. The molecule has 6 atom stereocenters. The molecule has 28 heavy (non-hydrogen) atoms. The second-order valence-electron chi connectivity index (χ2n) is 9.30. The second kappa shape index (κ2) is 7.34. The Morgan fingerprint density at radius 3 is 2.82 bits per heavy atom. The van der Waals surface area contributed by atoms with Gasteiger partial charge in [0.15, 0.2) is 0 Å². The van der Waals surface area contributed by atoms with Crippen molar-refractivity contribution in [1.29, 1.82) is 0 Å². The molecule has 154 valence electrons. The highest BCUT2D eigenvalue weighted by Crippen LogP contribution is 2.62. The summed E-state index contributed by atoms with van der Waals surface area (Å²) in [5.41, 5.74) is 1.89. The Labute approximate surface area is 166 Å². The number of phenols is 1. The summed E-state index contributed by atoms with van der Waals surface area (Å²) in [6.07, 6.45) is 4.98. The smallest absolute Gasteiger partial charge is 0.311 e. The van der Waals surface area contributed by atoms with E-state index in [0.717, 1.165) is 49.7 Å². The zero-order valence-corrected chi connectivity index (χ0v) is 16.9. The van der Waals surface area contributed by atoms with Gasteiger partial charge in [-0.15, -0.1) is 0 Å². The van der Waals surface area contributed by atoms with Crippen LogP contribution < -0.4 is 4.74 Å². The first-order chi connectivity index (χ1) is 13.3. The van der Waals surface area contributed by atoms with Crippen molar-refractivity contribution < 1.29 is 24.9 Å². The molecule has 1 aromatic carbocycles. The molecule has 0 aliphatic heterocycles. The highest BCUT2D eigenvalue weighted by molar-refractivity contribution is 5.73. The Balaban J connectivity index is 1.66. The predicted octanol–water partition coefficient (Wildman–Crippen LogP) is 3.68. The van der Waals surface area contributed by atoms with Crippen LogP contribution in [0.3, 0.4) is 0 Å². The topological polar surface area (TPSA) is 87.0 Å². The quantitative estimate of drug-likeness (QED) is 0.541. The normalized spacial score (nSPS) is 36.4. The maximum atomic E-state index is 12.3. The number of fused-ring (bicyclic) bond motifs is 5. The molecule has 1 aromatic rings. The molecule has 0 heterocycles. The average molecular weight is 389 g/mol. The highest BCUT2D eigenvalue weighted by Gasteiger charge is 2.58. The number of aliphatic hydroxyl groups excluding tert-OH is 2. The zero-order valence-electron chi connectivity index (χ0n) is 16.9. The van der Waals surface area contributed by atoms with E-state index in [9.17, 15) is 20.1 Å². The number of unbranched alkanes of at least 4 members (excludes halogenated alkanes) is 1. The van der Waals surface area contributed by atoms with Crippen LogP contribution in [0.4, 0.5) is 0 Å². The van der Waals surface area contributed by atoms with E-state index in [0.29, 0.717) is 24.5 Å². The summed E-state index contributed by atoms with van der Waals surface area (Å²) >= 11 is 0. The monoisotopic (exact) mass is 388 g/mol. The predicted molar refractivity (Wildman–Crippen MR) is 105 cm³/mol. The molecule has 0 unspecified atom stereocenters. The maximum Gasteiger partial charge on any atom is 0.311 e. The van der Waals surface area contributed by atoms with Crippen LogP contribution in [0, 0.1) is 17.3 Å². The first kappa shape index (κ1) is 19.7. The molecule has 2 saturated carbocycles. The summed E-state index contributed by atoms with van der Waals surface area (Å²) < 4.78 is 5.73. The van der Waals surface area contributed by atoms with Gasteiger partial charge in [-0.25, -0.2) is 0 Å². The van der Waals surface area contributed by atoms with E-state index in [1.165, 1.54) is 0 Å². The van der Waals surface area contributed by atoms with Crippen molar-refractivity contribution in [2.24, 2.45) is 17.3 Å². The summed E-state index contributed by atoms with van der Waals surface area (Å²) in [7, 11) is 0. The Hall–Kier alpha value is -1.59. The molecule has 0 aromatic heterocycles. The van der Waals surface area contributed by atoms with Gasteiger partial charge < -0.3 is 20.1 Å². The molecule has 0 saturated heterocycles. The van der Waals surface area contributed by atoms with Gasteiger partial charge in [0.2, 0.25) is 0 Å². The zero-order chi connectivity index (χ0) is 20.1. The van der Waals surface area contributed by atoms with Gasteiger partial charge in [0.25, 0.3) is 0 Å². The molecule has 5 heteroatoms. The maximum absolute atomic E-state index is 12.3.